The molecular formula is C6H10N2. The first kappa shape index (κ1) is 9.87. The molecule has 0 unspecified atom stereocenters. The summed E-state index contributed by atoms with van der Waals surface area (Å²) in [6.45, 7) is 4.94. The topological polar surface area (TPSA) is 47.6 Å². The van der Waals surface area contributed by atoms with Crippen LogP contribution in [0.4, 0.5) is 0 Å². The maximum atomic E-state index is 7.62. The van der Waals surface area contributed by atoms with Gasteiger partial charge in [-0.2, -0.15) is 10.5 Å². The highest BCUT2D eigenvalue weighted by Crippen LogP contribution is 1.58. The largest absolute Gasteiger partial charge is 0.198 e. The average Bonchev–Trinajstić information content (AvgIpc) is 1.88. The lowest BCUT2D eigenvalue weighted by Crippen LogP contribution is -1.38. The lowest BCUT2D eigenvalue weighted by atomic mass is 10.6. The van der Waals surface area contributed by atoms with Gasteiger partial charge in [0.25, 0.3) is 0 Å². The van der Waals surface area contributed by atoms with E-state index >= 15 is 0 Å². The first-order valence-electron chi connectivity index (χ1n) is 2.20. The van der Waals surface area contributed by atoms with E-state index in [1.165, 1.54) is 6.08 Å². The van der Waals surface area contributed by atoms with Gasteiger partial charge < -0.3 is 0 Å². The Kier molecular flexibility index (Phi) is 21.2. The highest BCUT2D eigenvalue weighted by molar-refractivity contribution is 4.93. The Balaban J connectivity index is -0.0000000720. The van der Waals surface area contributed by atoms with Gasteiger partial charge in [-0.15, -0.1) is 0 Å². The normalized spacial score (nSPS) is 4.38. The van der Waals surface area contributed by atoms with Gasteiger partial charge in [0, 0.05) is 13.9 Å². The summed E-state index contributed by atoms with van der Waals surface area (Å²) < 4.78 is 0. The molecule has 0 saturated carbocycles. The van der Waals surface area contributed by atoms with E-state index < -0.39 is 0 Å². The zero-order chi connectivity index (χ0) is 6.83. The molecule has 0 aliphatic carbocycles. The molecule has 0 rings (SSSR count). The van der Waals surface area contributed by atoms with E-state index in [1.807, 2.05) is 13.0 Å². The van der Waals surface area contributed by atoms with Gasteiger partial charge in [-0.1, -0.05) is 13.5 Å². The first-order valence-corrected chi connectivity index (χ1v) is 2.20. The van der Waals surface area contributed by atoms with Crippen LogP contribution in [-0.2, 0) is 0 Å². The fourth-order valence-corrected chi connectivity index (χ4v) is 0. The molecular weight excluding hydrogens is 100 g/mol. The molecule has 0 fully saturated rings. The van der Waals surface area contributed by atoms with E-state index in [9.17, 15) is 0 Å². The smallest absolute Gasteiger partial charge is 0.0905 e. The fraction of sp³-hybridized carbons (Fsp3) is 0.333. The standard InChI is InChI=1S/C3H5N.C3H3N.H2/c2*1-2-3-4;/h2H2,1H3;2H,1H2;1H. The van der Waals surface area contributed by atoms with E-state index in [1.54, 1.807) is 6.07 Å². The Bertz CT molecular complexity index is 118. The molecule has 0 aliphatic rings. The molecule has 0 bridgehead atoms. The van der Waals surface area contributed by atoms with Gasteiger partial charge in [-0.25, -0.2) is 0 Å². The summed E-state index contributed by atoms with van der Waals surface area (Å²) >= 11 is 0. The number of hydrogen-bond donors (Lipinski definition) is 0. The zero-order valence-corrected chi connectivity index (χ0v) is 4.89. The molecule has 0 N–H and O–H groups in total. The summed E-state index contributed by atoms with van der Waals surface area (Å²) in [5.41, 5.74) is 0. The zero-order valence-electron chi connectivity index (χ0n) is 4.89. The monoisotopic (exact) mass is 110 g/mol. The lowest BCUT2D eigenvalue weighted by molar-refractivity contribution is 1.22. The summed E-state index contributed by atoms with van der Waals surface area (Å²) in [5.74, 6) is 0. The average molecular weight is 110 g/mol. The van der Waals surface area contributed by atoms with Gasteiger partial charge >= 0.3 is 0 Å². The number of nitriles is 2. The number of rotatable bonds is 0. The second-order valence-corrected chi connectivity index (χ2v) is 0.845. The number of allylic oxidation sites excluding steroid dienone is 1. The lowest BCUT2D eigenvalue weighted by Gasteiger charge is -1.47. The quantitative estimate of drug-likeness (QED) is 0.447. The minimum absolute atomic E-state index is 0. The molecule has 0 aliphatic heterocycles. The minimum Gasteiger partial charge on any atom is -0.198 e. The van der Waals surface area contributed by atoms with Gasteiger partial charge in [-0.3, -0.25) is 0 Å². The van der Waals surface area contributed by atoms with Gasteiger partial charge in [0.1, 0.15) is 0 Å². The van der Waals surface area contributed by atoms with Crippen molar-refractivity contribution < 1.29 is 1.43 Å². The van der Waals surface area contributed by atoms with Crippen LogP contribution in [0.5, 0.6) is 0 Å². The maximum absolute atomic E-state index is 7.62. The molecule has 0 amide bonds. The van der Waals surface area contributed by atoms with Crippen LogP contribution in [0.1, 0.15) is 14.8 Å². The van der Waals surface area contributed by atoms with E-state index in [2.05, 4.69) is 6.58 Å². The SMILES string of the molecule is C=CC#N.CCC#N.[HH]. The van der Waals surface area contributed by atoms with Crippen molar-refractivity contribution in [2.24, 2.45) is 0 Å². The van der Waals surface area contributed by atoms with Crippen molar-refractivity contribution in [2.75, 3.05) is 0 Å². The van der Waals surface area contributed by atoms with Gasteiger partial charge in [0.2, 0.25) is 0 Å². The van der Waals surface area contributed by atoms with Crippen LogP contribution in [0, 0.1) is 22.7 Å². The molecule has 0 atom stereocenters. The van der Waals surface area contributed by atoms with Crippen molar-refractivity contribution in [3.05, 3.63) is 12.7 Å². The van der Waals surface area contributed by atoms with E-state index in [0.29, 0.717) is 6.42 Å². The van der Waals surface area contributed by atoms with E-state index in [-0.39, 0.29) is 1.43 Å². The second-order valence-electron chi connectivity index (χ2n) is 0.845. The van der Waals surface area contributed by atoms with Gasteiger partial charge in [-0.05, 0) is 0 Å². The van der Waals surface area contributed by atoms with Crippen molar-refractivity contribution in [1.82, 2.24) is 0 Å². The van der Waals surface area contributed by atoms with E-state index in [0.717, 1.165) is 0 Å². The predicted molar refractivity (Wildman–Crippen MR) is 33.8 cm³/mol. The predicted octanol–water partition coefficient (Wildman–Crippen LogP) is 1.86. The second kappa shape index (κ2) is 17.2. The third-order valence-corrected chi connectivity index (χ3v) is 0.249. The van der Waals surface area contributed by atoms with Crippen LogP contribution in [0.25, 0.3) is 0 Å². The van der Waals surface area contributed by atoms with Crippen LogP contribution < -0.4 is 0 Å². The summed E-state index contributed by atoms with van der Waals surface area (Å²) in [7, 11) is 0. The molecule has 44 valence electrons. The molecule has 0 radical (unpaired) electrons. The van der Waals surface area contributed by atoms with E-state index in [4.69, 9.17) is 10.5 Å². The summed E-state index contributed by atoms with van der Waals surface area (Å²) in [5, 5.41) is 15.1. The van der Waals surface area contributed by atoms with Crippen molar-refractivity contribution in [3.63, 3.8) is 0 Å². The Morgan fingerprint density at radius 2 is 2.00 bits per heavy atom. The van der Waals surface area contributed by atoms with Crippen molar-refractivity contribution in [3.8, 4) is 12.1 Å². The summed E-state index contributed by atoms with van der Waals surface area (Å²) in [6, 6.07) is 3.62. The van der Waals surface area contributed by atoms with Crippen LogP contribution in [-0.4, -0.2) is 0 Å². The van der Waals surface area contributed by atoms with Crippen LogP contribution in [0.2, 0.25) is 0 Å². The Labute approximate surface area is 51.2 Å². The maximum Gasteiger partial charge on any atom is 0.0905 e. The molecule has 0 aromatic heterocycles. The third kappa shape index (κ3) is 126. The Hall–Kier alpha value is -1.28. The fourth-order valence-electron chi connectivity index (χ4n) is 0. The highest BCUT2D eigenvalue weighted by Gasteiger charge is 1.49. The van der Waals surface area contributed by atoms with Gasteiger partial charge in [0.15, 0.2) is 0 Å². The molecule has 2 nitrogen and oxygen atoms in total. The molecule has 0 spiro atoms. The number of hydrogen-bond acceptors (Lipinski definition) is 2. The first-order chi connectivity index (χ1) is 3.83. The minimum atomic E-state index is 0. The molecule has 2 heteroatoms. The summed E-state index contributed by atoms with van der Waals surface area (Å²) in [6.07, 6.45) is 1.81. The van der Waals surface area contributed by atoms with Crippen molar-refractivity contribution in [1.29, 1.82) is 10.5 Å². The molecule has 0 aromatic rings. The third-order valence-electron chi connectivity index (χ3n) is 0.249. The number of nitrogens with zero attached hydrogens (tertiary/aromatic N) is 2. The highest BCUT2D eigenvalue weighted by atomic mass is 14.2. The van der Waals surface area contributed by atoms with Crippen molar-refractivity contribution in [2.45, 2.75) is 13.3 Å². The van der Waals surface area contributed by atoms with Crippen LogP contribution >= 0.6 is 0 Å². The van der Waals surface area contributed by atoms with Crippen LogP contribution in [0.3, 0.4) is 0 Å². The van der Waals surface area contributed by atoms with Crippen LogP contribution in [0.15, 0.2) is 12.7 Å². The molecule has 0 saturated heterocycles. The molecule has 0 heterocycles. The van der Waals surface area contributed by atoms with Crippen molar-refractivity contribution >= 4 is 0 Å². The molecule has 0 aromatic carbocycles. The Morgan fingerprint density at radius 3 is 2.00 bits per heavy atom. The Morgan fingerprint density at radius 1 is 1.75 bits per heavy atom. The van der Waals surface area contributed by atoms with Gasteiger partial charge in [0.05, 0.1) is 12.1 Å². The summed E-state index contributed by atoms with van der Waals surface area (Å²) in [4.78, 5) is 0. The molecule has 8 heavy (non-hydrogen) atoms.